The summed E-state index contributed by atoms with van der Waals surface area (Å²) >= 11 is 1.59. The number of hydrogen-bond donors (Lipinski definition) is 2. The molecule has 5 heteroatoms. The summed E-state index contributed by atoms with van der Waals surface area (Å²) in [6.07, 6.45) is 4.16. The van der Waals surface area contributed by atoms with Gasteiger partial charge in [-0.2, -0.15) is 0 Å². The molecule has 1 fully saturated rings. The summed E-state index contributed by atoms with van der Waals surface area (Å²) in [5.74, 6) is -0.759. The van der Waals surface area contributed by atoms with E-state index in [1.54, 1.807) is 11.3 Å². The first-order valence-electron chi connectivity index (χ1n) is 7.39. The number of aliphatic carboxylic acids is 1. The molecule has 0 saturated carbocycles. The van der Waals surface area contributed by atoms with Crippen molar-refractivity contribution in [1.29, 1.82) is 0 Å². The van der Waals surface area contributed by atoms with Gasteiger partial charge in [0, 0.05) is 28.9 Å². The van der Waals surface area contributed by atoms with E-state index in [2.05, 4.69) is 17.1 Å². The molecule has 0 aliphatic carbocycles. The summed E-state index contributed by atoms with van der Waals surface area (Å²) in [4.78, 5) is 15.3. The maximum atomic E-state index is 10.6. The van der Waals surface area contributed by atoms with E-state index in [-0.39, 0.29) is 6.42 Å². The number of carbonyl (C=O) groups is 1. The van der Waals surface area contributed by atoms with E-state index in [0.29, 0.717) is 6.04 Å². The van der Waals surface area contributed by atoms with Gasteiger partial charge in [0.2, 0.25) is 0 Å². The van der Waals surface area contributed by atoms with E-state index >= 15 is 0 Å². The molecule has 0 radical (unpaired) electrons. The van der Waals surface area contributed by atoms with Crippen LogP contribution in [-0.4, -0.2) is 41.7 Å². The monoisotopic (exact) mass is 296 g/mol. The van der Waals surface area contributed by atoms with Gasteiger partial charge in [-0.25, -0.2) is 0 Å². The Morgan fingerprint density at radius 1 is 1.35 bits per heavy atom. The lowest BCUT2D eigenvalue weighted by atomic mass is 10.1. The van der Waals surface area contributed by atoms with E-state index < -0.39 is 5.97 Å². The summed E-state index contributed by atoms with van der Waals surface area (Å²) in [5, 5.41) is 12.2. The van der Waals surface area contributed by atoms with Gasteiger partial charge in [-0.05, 0) is 45.0 Å². The molecule has 1 aliphatic heterocycles. The first-order chi connectivity index (χ1) is 9.65. The average Bonchev–Trinajstić information content (AvgIpc) is 2.86. The van der Waals surface area contributed by atoms with E-state index in [1.807, 2.05) is 12.1 Å². The zero-order valence-corrected chi connectivity index (χ0v) is 12.9. The summed E-state index contributed by atoms with van der Waals surface area (Å²) in [6, 6.07) is 4.53. The molecular weight excluding hydrogens is 272 g/mol. The van der Waals surface area contributed by atoms with Gasteiger partial charge in [-0.15, -0.1) is 11.3 Å². The van der Waals surface area contributed by atoms with Gasteiger partial charge in [-0.1, -0.05) is 6.42 Å². The van der Waals surface area contributed by atoms with Crippen molar-refractivity contribution in [3.8, 4) is 0 Å². The number of carboxylic acids is 1. The molecule has 0 amide bonds. The van der Waals surface area contributed by atoms with Gasteiger partial charge in [0.1, 0.15) is 0 Å². The minimum Gasteiger partial charge on any atom is -0.481 e. The Kier molecular flexibility index (Phi) is 6.01. The number of piperidine rings is 1. The zero-order chi connectivity index (χ0) is 14.4. The Labute approximate surface area is 124 Å². The molecule has 112 valence electrons. The van der Waals surface area contributed by atoms with Crippen LogP contribution < -0.4 is 5.32 Å². The van der Waals surface area contributed by atoms with Gasteiger partial charge in [0.15, 0.2) is 0 Å². The second-order valence-corrected chi connectivity index (χ2v) is 6.77. The number of nitrogens with zero attached hydrogens (tertiary/aromatic N) is 1. The van der Waals surface area contributed by atoms with Crippen molar-refractivity contribution < 1.29 is 9.90 Å². The van der Waals surface area contributed by atoms with Crippen LogP contribution in [0.4, 0.5) is 0 Å². The van der Waals surface area contributed by atoms with Gasteiger partial charge in [0.25, 0.3) is 0 Å². The van der Waals surface area contributed by atoms with Crippen molar-refractivity contribution in [3.05, 3.63) is 21.9 Å². The second-order valence-electron chi connectivity index (χ2n) is 5.52. The highest BCUT2D eigenvalue weighted by molar-refractivity contribution is 7.12. The molecule has 2 N–H and O–H groups in total. The first kappa shape index (κ1) is 15.5. The molecule has 1 atom stereocenters. The van der Waals surface area contributed by atoms with E-state index in [0.717, 1.165) is 18.0 Å². The Morgan fingerprint density at radius 2 is 2.05 bits per heavy atom. The van der Waals surface area contributed by atoms with Crippen molar-refractivity contribution in [3.63, 3.8) is 0 Å². The molecule has 1 aromatic rings. The normalized spacial score (nSPS) is 18.1. The third kappa shape index (κ3) is 4.89. The first-order valence-corrected chi connectivity index (χ1v) is 8.21. The highest BCUT2D eigenvalue weighted by Gasteiger charge is 2.16. The third-order valence-corrected chi connectivity index (χ3v) is 4.88. The molecule has 1 aliphatic rings. The Morgan fingerprint density at radius 3 is 2.75 bits per heavy atom. The van der Waals surface area contributed by atoms with Crippen molar-refractivity contribution in [2.45, 2.75) is 45.2 Å². The van der Waals surface area contributed by atoms with E-state index in [9.17, 15) is 4.79 Å². The summed E-state index contributed by atoms with van der Waals surface area (Å²) in [6.45, 7) is 6.56. The van der Waals surface area contributed by atoms with Crippen LogP contribution in [0.5, 0.6) is 0 Å². The van der Waals surface area contributed by atoms with Gasteiger partial charge >= 0.3 is 5.97 Å². The van der Waals surface area contributed by atoms with Crippen LogP contribution in [0.2, 0.25) is 0 Å². The standard InChI is InChI=1S/C15H24N2O2S/c1-12(17-7-3-2-4-8-17)10-16-11-14-6-5-13(20-14)9-15(18)19/h5-6,12,16H,2-4,7-11H2,1H3,(H,18,19). The summed E-state index contributed by atoms with van der Waals surface area (Å²) < 4.78 is 0. The number of nitrogens with one attached hydrogen (secondary N) is 1. The molecular formula is C15H24N2O2S. The van der Waals surface area contributed by atoms with Crippen LogP contribution in [0.25, 0.3) is 0 Å². The minimum atomic E-state index is -0.759. The van der Waals surface area contributed by atoms with Crippen molar-refractivity contribution in [2.24, 2.45) is 0 Å². The fourth-order valence-corrected chi connectivity index (χ4v) is 3.63. The van der Waals surface area contributed by atoms with Crippen LogP contribution in [0, 0.1) is 0 Å². The maximum Gasteiger partial charge on any atom is 0.308 e. The molecule has 0 bridgehead atoms. The lowest BCUT2D eigenvalue weighted by molar-refractivity contribution is -0.136. The van der Waals surface area contributed by atoms with Crippen LogP contribution >= 0.6 is 11.3 Å². The second kappa shape index (κ2) is 7.76. The van der Waals surface area contributed by atoms with Crippen LogP contribution in [0.1, 0.15) is 35.9 Å². The molecule has 2 heterocycles. The largest absolute Gasteiger partial charge is 0.481 e. The fraction of sp³-hybridized carbons (Fsp3) is 0.667. The molecule has 2 rings (SSSR count). The molecule has 20 heavy (non-hydrogen) atoms. The highest BCUT2D eigenvalue weighted by Crippen LogP contribution is 2.17. The number of carboxylic acid groups (broad SMARTS) is 1. The fourth-order valence-electron chi connectivity index (χ4n) is 2.65. The minimum absolute atomic E-state index is 0.134. The van der Waals surface area contributed by atoms with Crippen LogP contribution in [0.15, 0.2) is 12.1 Å². The van der Waals surface area contributed by atoms with Crippen molar-refractivity contribution >= 4 is 17.3 Å². The average molecular weight is 296 g/mol. The predicted molar refractivity (Wildman–Crippen MR) is 82.3 cm³/mol. The third-order valence-electron chi connectivity index (χ3n) is 3.80. The topological polar surface area (TPSA) is 52.6 Å². The number of hydrogen-bond acceptors (Lipinski definition) is 4. The zero-order valence-electron chi connectivity index (χ0n) is 12.1. The summed E-state index contributed by atoms with van der Waals surface area (Å²) in [7, 11) is 0. The number of rotatable bonds is 7. The number of likely N-dealkylation sites (tertiary alicyclic amines) is 1. The Balaban J connectivity index is 1.69. The molecule has 0 aromatic carbocycles. The molecule has 0 spiro atoms. The lowest BCUT2D eigenvalue weighted by Crippen LogP contribution is -2.42. The lowest BCUT2D eigenvalue weighted by Gasteiger charge is -2.32. The maximum absolute atomic E-state index is 10.6. The van der Waals surface area contributed by atoms with Crippen molar-refractivity contribution in [2.75, 3.05) is 19.6 Å². The van der Waals surface area contributed by atoms with Crippen LogP contribution in [-0.2, 0) is 17.8 Å². The molecule has 1 saturated heterocycles. The van der Waals surface area contributed by atoms with E-state index in [1.165, 1.54) is 37.2 Å². The van der Waals surface area contributed by atoms with E-state index in [4.69, 9.17) is 5.11 Å². The highest BCUT2D eigenvalue weighted by atomic mass is 32.1. The molecule has 1 unspecified atom stereocenters. The van der Waals surface area contributed by atoms with Gasteiger partial charge in [0.05, 0.1) is 6.42 Å². The SMILES string of the molecule is CC(CNCc1ccc(CC(=O)O)s1)N1CCCCC1. The van der Waals surface area contributed by atoms with Crippen molar-refractivity contribution in [1.82, 2.24) is 10.2 Å². The quantitative estimate of drug-likeness (QED) is 0.811. The number of thiophene rings is 1. The Hall–Kier alpha value is -0.910. The summed E-state index contributed by atoms with van der Waals surface area (Å²) in [5.41, 5.74) is 0. The van der Waals surface area contributed by atoms with Crippen LogP contribution in [0.3, 0.4) is 0 Å². The van der Waals surface area contributed by atoms with Gasteiger partial charge in [-0.3, -0.25) is 9.69 Å². The molecule has 1 aromatic heterocycles. The molecule has 4 nitrogen and oxygen atoms in total. The Bertz CT molecular complexity index is 427. The smallest absolute Gasteiger partial charge is 0.308 e. The van der Waals surface area contributed by atoms with Gasteiger partial charge < -0.3 is 10.4 Å². The predicted octanol–water partition coefficient (Wildman–Crippen LogP) is 2.34.